The van der Waals surface area contributed by atoms with Crippen LogP contribution in [0.2, 0.25) is 0 Å². The van der Waals surface area contributed by atoms with Gasteiger partial charge in [-0.05, 0) is 18.9 Å². The minimum absolute atomic E-state index is 0.721. The lowest BCUT2D eigenvalue weighted by molar-refractivity contribution is 0.736. The molecule has 0 atom stereocenters. The number of nitrogens with one attached hydrogen (secondary N) is 1. The van der Waals surface area contributed by atoms with Crippen molar-refractivity contribution in [2.45, 2.75) is 46.0 Å². The van der Waals surface area contributed by atoms with Gasteiger partial charge in [0, 0.05) is 12.1 Å². The van der Waals surface area contributed by atoms with E-state index in [9.17, 15) is 0 Å². The minimum Gasteiger partial charge on any atom is -0.347 e. The first kappa shape index (κ1) is 11.4. The molecule has 3 heteroatoms. The van der Waals surface area contributed by atoms with Crippen molar-refractivity contribution in [2.24, 2.45) is 0 Å². The standard InChI is InChI=1S/C11H18N2S/c1-3-5-7-10-12-9(6-4-2)8-11(14)13-10/h8H,3-7H2,1-2H3,(H,12,13,14). The fraction of sp³-hybridized carbons (Fsp3) is 0.636. The average Bonchev–Trinajstić information content (AvgIpc) is 2.14. The quantitative estimate of drug-likeness (QED) is 0.754. The van der Waals surface area contributed by atoms with Crippen LogP contribution >= 0.6 is 12.2 Å². The van der Waals surface area contributed by atoms with Gasteiger partial charge < -0.3 is 4.98 Å². The SMILES string of the molecule is CCCCc1nc(=S)cc(CCC)[nH]1. The molecular weight excluding hydrogens is 192 g/mol. The molecule has 1 N–H and O–H groups in total. The molecule has 0 bridgehead atoms. The van der Waals surface area contributed by atoms with Gasteiger partial charge >= 0.3 is 0 Å². The van der Waals surface area contributed by atoms with Crippen molar-refractivity contribution >= 4 is 12.2 Å². The molecule has 0 unspecified atom stereocenters. The van der Waals surface area contributed by atoms with Crippen molar-refractivity contribution in [1.82, 2.24) is 9.97 Å². The lowest BCUT2D eigenvalue weighted by atomic mass is 10.2. The van der Waals surface area contributed by atoms with E-state index >= 15 is 0 Å². The fourth-order valence-electron chi connectivity index (χ4n) is 1.43. The number of hydrogen-bond acceptors (Lipinski definition) is 2. The maximum atomic E-state index is 5.12. The highest BCUT2D eigenvalue weighted by Crippen LogP contribution is 2.04. The Bertz CT molecular complexity index is 330. The number of aromatic amines is 1. The third kappa shape index (κ3) is 3.58. The van der Waals surface area contributed by atoms with Gasteiger partial charge in [-0.2, -0.15) is 0 Å². The predicted molar refractivity (Wildman–Crippen MR) is 62.0 cm³/mol. The summed E-state index contributed by atoms with van der Waals surface area (Å²) in [6.45, 7) is 4.35. The van der Waals surface area contributed by atoms with E-state index in [1.165, 1.54) is 18.5 Å². The summed E-state index contributed by atoms with van der Waals surface area (Å²) in [6.07, 6.45) is 5.58. The summed E-state index contributed by atoms with van der Waals surface area (Å²) in [6, 6.07) is 1.97. The molecule has 1 aromatic heterocycles. The van der Waals surface area contributed by atoms with Crippen molar-refractivity contribution in [1.29, 1.82) is 0 Å². The van der Waals surface area contributed by atoms with Crippen molar-refractivity contribution in [3.63, 3.8) is 0 Å². The molecule has 0 spiro atoms. The van der Waals surface area contributed by atoms with Gasteiger partial charge in [0.2, 0.25) is 0 Å². The first-order valence-corrected chi connectivity index (χ1v) is 5.76. The van der Waals surface area contributed by atoms with Crippen LogP contribution in [0.15, 0.2) is 6.07 Å². The summed E-state index contributed by atoms with van der Waals surface area (Å²) in [7, 11) is 0. The molecule has 1 heterocycles. The van der Waals surface area contributed by atoms with Crippen LogP contribution in [0.1, 0.15) is 44.6 Å². The zero-order valence-corrected chi connectivity index (χ0v) is 9.78. The summed E-state index contributed by atoms with van der Waals surface area (Å²) in [4.78, 5) is 7.66. The molecular formula is C11H18N2S. The summed E-state index contributed by atoms with van der Waals surface area (Å²) in [5.74, 6) is 1.04. The molecule has 78 valence electrons. The largest absolute Gasteiger partial charge is 0.347 e. The number of rotatable bonds is 5. The third-order valence-electron chi connectivity index (χ3n) is 2.13. The van der Waals surface area contributed by atoms with Gasteiger partial charge in [-0.1, -0.05) is 38.9 Å². The molecule has 0 aromatic carbocycles. The third-order valence-corrected chi connectivity index (χ3v) is 2.34. The average molecular weight is 210 g/mol. The second-order valence-corrected chi connectivity index (χ2v) is 3.96. The summed E-state index contributed by atoms with van der Waals surface area (Å²) < 4.78 is 0.721. The Morgan fingerprint density at radius 3 is 2.71 bits per heavy atom. The summed E-state index contributed by atoms with van der Waals surface area (Å²) >= 11 is 5.12. The topological polar surface area (TPSA) is 28.7 Å². The maximum absolute atomic E-state index is 5.12. The van der Waals surface area contributed by atoms with Gasteiger partial charge in [-0.25, -0.2) is 4.98 Å². The molecule has 0 aliphatic carbocycles. The Hall–Kier alpha value is -0.700. The Morgan fingerprint density at radius 2 is 2.07 bits per heavy atom. The Labute approximate surface area is 90.8 Å². The number of hydrogen-bond donors (Lipinski definition) is 1. The zero-order chi connectivity index (χ0) is 10.4. The minimum atomic E-state index is 0.721. The normalized spacial score (nSPS) is 10.4. The number of aromatic nitrogens is 2. The van der Waals surface area contributed by atoms with Crippen molar-refractivity contribution < 1.29 is 0 Å². The maximum Gasteiger partial charge on any atom is 0.129 e. The van der Waals surface area contributed by atoms with E-state index in [1.807, 2.05) is 6.07 Å². The van der Waals surface area contributed by atoms with Crippen LogP contribution in [0.25, 0.3) is 0 Å². The van der Waals surface area contributed by atoms with E-state index < -0.39 is 0 Å². The van der Waals surface area contributed by atoms with Crippen molar-refractivity contribution in [3.05, 3.63) is 22.2 Å². The summed E-state index contributed by atoms with van der Waals surface area (Å²) in [5, 5.41) is 0. The lowest BCUT2D eigenvalue weighted by Crippen LogP contribution is -1.99. The highest BCUT2D eigenvalue weighted by molar-refractivity contribution is 7.71. The van der Waals surface area contributed by atoms with Gasteiger partial charge in [0.05, 0.1) is 0 Å². The molecule has 0 saturated carbocycles. The van der Waals surface area contributed by atoms with Crippen molar-refractivity contribution in [2.75, 3.05) is 0 Å². The molecule has 0 saturated heterocycles. The number of unbranched alkanes of at least 4 members (excludes halogenated alkanes) is 1. The highest BCUT2D eigenvalue weighted by Gasteiger charge is 1.98. The molecule has 1 aromatic rings. The van der Waals surface area contributed by atoms with E-state index in [1.54, 1.807) is 0 Å². The van der Waals surface area contributed by atoms with Crippen LogP contribution in [0.4, 0.5) is 0 Å². The second kappa shape index (κ2) is 5.91. The van der Waals surface area contributed by atoms with Gasteiger partial charge in [0.25, 0.3) is 0 Å². The molecule has 1 rings (SSSR count). The van der Waals surface area contributed by atoms with Crippen molar-refractivity contribution in [3.8, 4) is 0 Å². The Balaban J connectivity index is 2.78. The van der Waals surface area contributed by atoms with Crippen LogP contribution in [0.5, 0.6) is 0 Å². The molecule has 0 aliphatic rings. The Kier molecular flexibility index (Phi) is 4.80. The van der Waals surface area contributed by atoms with E-state index in [-0.39, 0.29) is 0 Å². The molecule has 0 radical (unpaired) electrons. The van der Waals surface area contributed by atoms with E-state index in [4.69, 9.17) is 12.2 Å². The van der Waals surface area contributed by atoms with Crippen LogP contribution in [-0.4, -0.2) is 9.97 Å². The number of nitrogens with zero attached hydrogens (tertiary/aromatic N) is 1. The van der Waals surface area contributed by atoms with E-state index in [0.717, 1.165) is 29.7 Å². The highest BCUT2D eigenvalue weighted by atomic mass is 32.1. The lowest BCUT2D eigenvalue weighted by Gasteiger charge is -2.03. The van der Waals surface area contributed by atoms with E-state index in [0.29, 0.717) is 0 Å². The molecule has 14 heavy (non-hydrogen) atoms. The zero-order valence-electron chi connectivity index (χ0n) is 8.97. The molecule has 0 aliphatic heterocycles. The van der Waals surface area contributed by atoms with Crippen LogP contribution < -0.4 is 0 Å². The monoisotopic (exact) mass is 210 g/mol. The number of H-pyrrole nitrogens is 1. The Morgan fingerprint density at radius 1 is 1.29 bits per heavy atom. The number of aryl methyl sites for hydroxylation is 2. The van der Waals surface area contributed by atoms with Crippen LogP contribution in [0, 0.1) is 4.64 Å². The van der Waals surface area contributed by atoms with Gasteiger partial charge in [-0.3, -0.25) is 0 Å². The fourth-order valence-corrected chi connectivity index (χ4v) is 1.68. The van der Waals surface area contributed by atoms with Crippen LogP contribution in [-0.2, 0) is 12.8 Å². The van der Waals surface area contributed by atoms with Gasteiger partial charge in [-0.15, -0.1) is 0 Å². The molecule has 2 nitrogen and oxygen atoms in total. The van der Waals surface area contributed by atoms with Gasteiger partial charge in [0.15, 0.2) is 0 Å². The molecule has 0 amide bonds. The smallest absolute Gasteiger partial charge is 0.129 e. The first-order valence-electron chi connectivity index (χ1n) is 5.35. The first-order chi connectivity index (χ1) is 6.76. The summed E-state index contributed by atoms with van der Waals surface area (Å²) in [5.41, 5.74) is 1.22. The second-order valence-electron chi connectivity index (χ2n) is 3.54. The van der Waals surface area contributed by atoms with Gasteiger partial charge in [0.1, 0.15) is 10.5 Å². The predicted octanol–water partition coefficient (Wildman–Crippen LogP) is 3.43. The van der Waals surface area contributed by atoms with E-state index in [2.05, 4.69) is 23.8 Å². The van der Waals surface area contributed by atoms with Crippen LogP contribution in [0.3, 0.4) is 0 Å². The molecule has 0 fully saturated rings.